The summed E-state index contributed by atoms with van der Waals surface area (Å²) in [5.41, 5.74) is 6.23. The van der Waals surface area contributed by atoms with Crippen molar-refractivity contribution < 1.29 is 0 Å². The van der Waals surface area contributed by atoms with Crippen LogP contribution in [-0.4, -0.2) is 19.5 Å². The van der Waals surface area contributed by atoms with E-state index in [-0.39, 0.29) is 0 Å². The fraction of sp³-hybridized carbons (Fsp3) is 0. The van der Waals surface area contributed by atoms with E-state index in [1.807, 2.05) is 60.7 Å². The number of nitrogens with zero attached hydrogens (tertiary/aromatic N) is 4. The van der Waals surface area contributed by atoms with E-state index in [9.17, 15) is 0 Å². The van der Waals surface area contributed by atoms with E-state index >= 15 is 0 Å². The molecule has 0 aliphatic rings. The molecule has 4 nitrogen and oxygen atoms in total. The molecule has 0 saturated carbocycles. The normalized spacial score (nSPS) is 11.6. The summed E-state index contributed by atoms with van der Waals surface area (Å²) in [5.74, 6) is 1.94. The van der Waals surface area contributed by atoms with E-state index in [0.717, 1.165) is 22.4 Å². The van der Waals surface area contributed by atoms with Gasteiger partial charge in [0, 0.05) is 33.2 Å². The van der Waals surface area contributed by atoms with Crippen molar-refractivity contribution >= 4 is 43.4 Å². The highest BCUT2D eigenvalue weighted by Gasteiger charge is 2.17. The highest BCUT2D eigenvalue weighted by Crippen LogP contribution is 2.39. The molecule has 0 N–H and O–H groups in total. The molecule has 0 spiro atoms. The third kappa shape index (κ3) is 4.27. The topological polar surface area (TPSA) is 43.6 Å². The molecule has 0 saturated heterocycles. The van der Waals surface area contributed by atoms with E-state index in [0.29, 0.717) is 17.5 Å². The fourth-order valence-electron chi connectivity index (χ4n) is 6.47. The highest BCUT2D eigenvalue weighted by atomic mass is 15.0. The quantitative estimate of drug-likeness (QED) is 0.210. The number of rotatable bonds is 4. The monoisotopic (exact) mass is 574 g/mol. The van der Waals surface area contributed by atoms with Crippen LogP contribution in [0.3, 0.4) is 0 Å². The van der Waals surface area contributed by atoms with Gasteiger partial charge in [0.1, 0.15) is 0 Å². The first kappa shape index (κ1) is 25.4. The summed E-state index contributed by atoms with van der Waals surface area (Å²) in [6.07, 6.45) is 0. The van der Waals surface area contributed by atoms with Gasteiger partial charge in [0.2, 0.25) is 0 Å². The summed E-state index contributed by atoms with van der Waals surface area (Å²) >= 11 is 0. The lowest BCUT2D eigenvalue weighted by molar-refractivity contribution is 1.07. The van der Waals surface area contributed by atoms with Gasteiger partial charge in [0.15, 0.2) is 17.5 Å². The lowest BCUT2D eigenvalue weighted by Gasteiger charge is -2.12. The summed E-state index contributed by atoms with van der Waals surface area (Å²) in [4.78, 5) is 14.9. The molecular formula is C41H26N4. The molecule has 45 heavy (non-hydrogen) atoms. The molecule has 0 fully saturated rings. The number of hydrogen-bond donors (Lipinski definition) is 0. The van der Waals surface area contributed by atoms with Gasteiger partial charge in [-0.1, -0.05) is 127 Å². The lowest BCUT2D eigenvalue weighted by atomic mass is 10.0. The van der Waals surface area contributed by atoms with Crippen LogP contribution in [0.25, 0.3) is 83.2 Å². The number of fused-ring (bicyclic) bond motifs is 6. The van der Waals surface area contributed by atoms with Crippen molar-refractivity contribution in [3.05, 3.63) is 158 Å². The molecule has 0 amide bonds. The second kappa shape index (κ2) is 10.2. The molecule has 2 heterocycles. The Morgan fingerprint density at radius 1 is 0.356 bits per heavy atom. The van der Waals surface area contributed by atoms with Gasteiger partial charge in [0.05, 0.1) is 11.0 Å². The first-order valence-corrected chi connectivity index (χ1v) is 15.1. The van der Waals surface area contributed by atoms with Gasteiger partial charge in [0.25, 0.3) is 0 Å². The molecule has 0 bridgehead atoms. The minimum absolute atomic E-state index is 0.640. The summed E-state index contributed by atoms with van der Waals surface area (Å²) in [6.45, 7) is 0. The van der Waals surface area contributed by atoms with Gasteiger partial charge in [-0.05, 0) is 51.9 Å². The Kier molecular flexibility index (Phi) is 5.78. The lowest BCUT2D eigenvalue weighted by Crippen LogP contribution is -2.01. The first-order chi connectivity index (χ1) is 22.3. The fourth-order valence-corrected chi connectivity index (χ4v) is 6.47. The van der Waals surface area contributed by atoms with Gasteiger partial charge >= 0.3 is 0 Å². The van der Waals surface area contributed by atoms with Crippen molar-refractivity contribution in [3.63, 3.8) is 0 Å². The van der Waals surface area contributed by atoms with Crippen molar-refractivity contribution in [2.45, 2.75) is 0 Å². The number of aromatic nitrogens is 4. The van der Waals surface area contributed by atoms with E-state index < -0.39 is 0 Å². The van der Waals surface area contributed by atoms with E-state index in [1.165, 1.54) is 43.4 Å². The Morgan fingerprint density at radius 3 is 1.60 bits per heavy atom. The van der Waals surface area contributed by atoms with E-state index in [1.54, 1.807) is 0 Å². The van der Waals surface area contributed by atoms with Gasteiger partial charge < -0.3 is 4.57 Å². The van der Waals surface area contributed by atoms with Crippen molar-refractivity contribution in [1.82, 2.24) is 19.5 Å². The molecule has 2 aromatic heterocycles. The van der Waals surface area contributed by atoms with Gasteiger partial charge in [-0.2, -0.15) is 0 Å². The van der Waals surface area contributed by atoms with Crippen LogP contribution in [-0.2, 0) is 0 Å². The van der Waals surface area contributed by atoms with Crippen LogP contribution in [0.2, 0.25) is 0 Å². The maximum Gasteiger partial charge on any atom is 0.164 e. The molecule has 9 rings (SSSR count). The summed E-state index contributed by atoms with van der Waals surface area (Å²) < 4.78 is 2.38. The Balaban J connectivity index is 1.30. The average Bonchev–Trinajstić information content (AvgIpc) is 3.45. The molecule has 0 unspecified atom stereocenters. The smallest absolute Gasteiger partial charge is 0.164 e. The van der Waals surface area contributed by atoms with E-state index in [4.69, 9.17) is 15.0 Å². The summed E-state index contributed by atoms with van der Waals surface area (Å²) in [7, 11) is 0. The zero-order valence-corrected chi connectivity index (χ0v) is 24.3. The van der Waals surface area contributed by atoms with Crippen LogP contribution in [0.1, 0.15) is 0 Å². The summed E-state index contributed by atoms with van der Waals surface area (Å²) in [5, 5.41) is 7.44. The maximum atomic E-state index is 5.00. The maximum absolute atomic E-state index is 5.00. The summed E-state index contributed by atoms with van der Waals surface area (Å²) in [6, 6.07) is 55.1. The minimum atomic E-state index is 0.640. The van der Waals surface area contributed by atoms with Crippen molar-refractivity contribution in [2.24, 2.45) is 0 Å². The van der Waals surface area contributed by atoms with Gasteiger partial charge in [-0.15, -0.1) is 0 Å². The predicted octanol–water partition coefficient (Wildman–Crippen LogP) is 10.3. The predicted molar refractivity (Wildman–Crippen MR) is 185 cm³/mol. The second-order valence-corrected chi connectivity index (χ2v) is 11.3. The van der Waals surface area contributed by atoms with Crippen LogP contribution in [0.15, 0.2) is 158 Å². The molecule has 0 atom stereocenters. The van der Waals surface area contributed by atoms with Crippen LogP contribution in [0.5, 0.6) is 0 Å². The molecular weight excluding hydrogens is 548 g/mol. The molecule has 210 valence electrons. The molecule has 0 aliphatic carbocycles. The van der Waals surface area contributed by atoms with E-state index in [2.05, 4.69) is 102 Å². The molecule has 0 aliphatic heterocycles. The third-order valence-corrected chi connectivity index (χ3v) is 8.58. The number of benzene rings is 7. The number of hydrogen-bond acceptors (Lipinski definition) is 3. The van der Waals surface area contributed by atoms with Crippen molar-refractivity contribution in [2.75, 3.05) is 0 Å². The molecule has 0 radical (unpaired) electrons. The Labute approximate surface area is 259 Å². The van der Waals surface area contributed by atoms with Crippen LogP contribution < -0.4 is 0 Å². The standard InChI is InChI=1S/C41H26N4/c1-3-13-28(14-4-1)39-42-40(29-15-5-2-6-16-29)44-41(43-39)32-19-11-20-33(24-32)45-36-23-22-27-12-9-10-21-34(27)38(36)35-25-30-17-7-8-18-31(30)26-37(35)45/h1-26H. The SMILES string of the molecule is c1ccc(-c2nc(-c3ccccc3)nc(-c3cccc(-n4c5cc6ccccc6cc5c5c6ccccc6ccc54)c3)n2)cc1. The van der Waals surface area contributed by atoms with Crippen LogP contribution in [0, 0.1) is 0 Å². The highest BCUT2D eigenvalue weighted by molar-refractivity contribution is 6.23. The van der Waals surface area contributed by atoms with Gasteiger partial charge in [-0.25, -0.2) is 15.0 Å². The minimum Gasteiger partial charge on any atom is -0.309 e. The van der Waals surface area contributed by atoms with Crippen LogP contribution >= 0.6 is 0 Å². The van der Waals surface area contributed by atoms with Crippen molar-refractivity contribution in [1.29, 1.82) is 0 Å². The molecule has 7 aromatic carbocycles. The molecule has 9 aromatic rings. The average molecular weight is 575 g/mol. The van der Waals surface area contributed by atoms with Gasteiger partial charge in [-0.3, -0.25) is 0 Å². The molecule has 4 heteroatoms. The Hall–Kier alpha value is -6.13. The zero-order valence-electron chi connectivity index (χ0n) is 24.3. The Morgan fingerprint density at radius 2 is 0.911 bits per heavy atom. The first-order valence-electron chi connectivity index (χ1n) is 15.1. The largest absolute Gasteiger partial charge is 0.309 e. The zero-order chi connectivity index (χ0) is 29.7. The third-order valence-electron chi connectivity index (χ3n) is 8.58. The van der Waals surface area contributed by atoms with Crippen molar-refractivity contribution in [3.8, 4) is 39.9 Å². The Bertz CT molecular complexity index is 2470. The second-order valence-electron chi connectivity index (χ2n) is 11.3. The van der Waals surface area contributed by atoms with Crippen LogP contribution in [0.4, 0.5) is 0 Å².